The average molecular weight is 450 g/mol. The number of aliphatic imine (C=N–C) groups is 1. The highest BCUT2D eigenvalue weighted by molar-refractivity contribution is 14.0. The summed E-state index contributed by atoms with van der Waals surface area (Å²) in [5, 5.41) is 5.69. The van der Waals surface area contributed by atoms with E-state index in [1.807, 2.05) is 19.1 Å². The number of ether oxygens (including phenoxy) is 2. The van der Waals surface area contributed by atoms with Gasteiger partial charge in [-0.3, -0.25) is 9.79 Å². The largest absolute Gasteiger partial charge is 0.492 e. The van der Waals surface area contributed by atoms with Crippen LogP contribution in [0.3, 0.4) is 0 Å². The molecule has 1 amide bonds. The molecule has 1 aromatic carbocycles. The quantitative estimate of drug-likeness (QED) is 0.219. The SMILES string of the molecule is CCOCCCN=C(N)NCCOc1cccc(NC(C)=O)c1.I. The van der Waals surface area contributed by atoms with E-state index >= 15 is 0 Å². The minimum atomic E-state index is -0.114. The maximum Gasteiger partial charge on any atom is 0.221 e. The molecule has 0 fully saturated rings. The minimum absolute atomic E-state index is 0. The number of nitrogens with two attached hydrogens (primary N) is 1. The Balaban J connectivity index is 0.00000529. The molecule has 1 rings (SSSR count). The zero-order chi connectivity index (χ0) is 16.9. The summed E-state index contributed by atoms with van der Waals surface area (Å²) < 4.78 is 10.8. The van der Waals surface area contributed by atoms with Gasteiger partial charge in [-0.25, -0.2) is 0 Å². The van der Waals surface area contributed by atoms with E-state index in [-0.39, 0.29) is 29.9 Å². The second kappa shape index (κ2) is 13.8. The van der Waals surface area contributed by atoms with Crippen molar-refractivity contribution in [2.24, 2.45) is 10.7 Å². The Labute approximate surface area is 160 Å². The van der Waals surface area contributed by atoms with Gasteiger partial charge in [0.15, 0.2) is 5.96 Å². The fourth-order valence-electron chi connectivity index (χ4n) is 1.78. The second-order valence-electron chi connectivity index (χ2n) is 4.80. The highest BCUT2D eigenvalue weighted by Gasteiger charge is 1.99. The zero-order valence-electron chi connectivity index (χ0n) is 14.2. The first-order valence-electron chi connectivity index (χ1n) is 7.73. The summed E-state index contributed by atoms with van der Waals surface area (Å²) in [5.74, 6) is 0.972. The van der Waals surface area contributed by atoms with Crippen LogP contribution in [0.2, 0.25) is 0 Å². The predicted octanol–water partition coefficient (Wildman–Crippen LogP) is 1.97. The van der Waals surface area contributed by atoms with Gasteiger partial charge >= 0.3 is 0 Å². The normalized spacial score (nSPS) is 10.7. The molecule has 0 unspecified atom stereocenters. The van der Waals surface area contributed by atoms with E-state index < -0.39 is 0 Å². The summed E-state index contributed by atoms with van der Waals surface area (Å²) in [5.41, 5.74) is 6.45. The molecule has 0 heterocycles. The number of rotatable bonds is 10. The summed E-state index contributed by atoms with van der Waals surface area (Å²) in [4.78, 5) is 15.2. The molecule has 0 aromatic heterocycles. The van der Waals surface area contributed by atoms with Crippen LogP contribution < -0.4 is 21.1 Å². The van der Waals surface area contributed by atoms with Gasteiger partial charge < -0.3 is 25.8 Å². The Bertz CT molecular complexity index is 512. The number of anilines is 1. The average Bonchev–Trinajstić information content (AvgIpc) is 2.51. The van der Waals surface area contributed by atoms with Crippen LogP contribution in [0.4, 0.5) is 5.69 Å². The first-order chi connectivity index (χ1) is 11.1. The van der Waals surface area contributed by atoms with E-state index in [0.29, 0.717) is 43.7 Å². The summed E-state index contributed by atoms with van der Waals surface area (Å²) in [6, 6.07) is 7.23. The lowest BCUT2D eigenvalue weighted by Gasteiger charge is -2.09. The highest BCUT2D eigenvalue weighted by atomic mass is 127. The van der Waals surface area contributed by atoms with Crippen LogP contribution in [-0.4, -0.2) is 44.8 Å². The molecule has 0 bridgehead atoms. The fourth-order valence-corrected chi connectivity index (χ4v) is 1.78. The standard InChI is InChI=1S/C16H26N4O3.HI/c1-3-22-10-5-8-18-16(17)19-9-11-23-15-7-4-6-14(12-15)20-13(2)21;/h4,6-7,12H,3,5,8-11H2,1-2H3,(H,20,21)(H3,17,18,19);1H. The Morgan fingerprint density at radius 1 is 1.33 bits per heavy atom. The number of benzene rings is 1. The summed E-state index contributed by atoms with van der Waals surface area (Å²) in [6.07, 6.45) is 0.850. The van der Waals surface area contributed by atoms with Gasteiger partial charge in [-0.15, -0.1) is 24.0 Å². The molecule has 136 valence electrons. The molecule has 0 spiro atoms. The Morgan fingerprint density at radius 3 is 2.83 bits per heavy atom. The monoisotopic (exact) mass is 450 g/mol. The van der Waals surface area contributed by atoms with Crippen LogP contribution in [0, 0.1) is 0 Å². The lowest BCUT2D eigenvalue weighted by Crippen LogP contribution is -2.34. The first-order valence-corrected chi connectivity index (χ1v) is 7.73. The minimum Gasteiger partial charge on any atom is -0.492 e. The third-order valence-corrected chi connectivity index (χ3v) is 2.76. The molecule has 7 nitrogen and oxygen atoms in total. The highest BCUT2D eigenvalue weighted by Crippen LogP contribution is 2.16. The Morgan fingerprint density at radius 2 is 2.12 bits per heavy atom. The summed E-state index contributed by atoms with van der Waals surface area (Å²) in [7, 11) is 0. The number of nitrogens with one attached hydrogen (secondary N) is 2. The number of guanidine groups is 1. The zero-order valence-corrected chi connectivity index (χ0v) is 16.5. The summed E-state index contributed by atoms with van der Waals surface area (Å²) >= 11 is 0. The van der Waals surface area contributed by atoms with E-state index in [1.54, 1.807) is 12.1 Å². The van der Waals surface area contributed by atoms with Crippen LogP contribution in [0.25, 0.3) is 0 Å². The number of hydrogen-bond donors (Lipinski definition) is 3. The molecule has 0 radical (unpaired) electrons. The van der Waals surface area contributed by atoms with E-state index in [9.17, 15) is 4.79 Å². The van der Waals surface area contributed by atoms with Gasteiger partial charge in [-0.05, 0) is 25.5 Å². The molecular weight excluding hydrogens is 423 g/mol. The number of hydrogen-bond acceptors (Lipinski definition) is 4. The number of nitrogens with zero attached hydrogens (tertiary/aromatic N) is 1. The molecule has 0 aliphatic rings. The number of carbonyl (C=O) groups excluding carboxylic acids is 1. The van der Waals surface area contributed by atoms with Crippen molar-refractivity contribution in [3.63, 3.8) is 0 Å². The molecule has 1 aromatic rings. The van der Waals surface area contributed by atoms with E-state index in [4.69, 9.17) is 15.2 Å². The maximum atomic E-state index is 11.0. The molecule has 8 heteroatoms. The van der Waals surface area contributed by atoms with Crippen molar-refractivity contribution in [3.05, 3.63) is 24.3 Å². The predicted molar refractivity (Wildman–Crippen MR) is 107 cm³/mol. The lowest BCUT2D eigenvalue weighted by atomic mass is 10.3. The van der Waals surface area contributed by atoms with Crippen molar-refractivity contribution < 1.29 is 14.3 Å². The van der Waals surface area contributed by atoms with Crippen LogP contribution in [0.15, 0.2) is 29.3 Å². The van der Waals surface area contributed by atoms with Crippen molar-refractivity contribution in [2.75, 3.05) is 38.2 Å². The van der Waals surface area contributed by atoms with Crippen LogP contribution >= 0.6 is 24.0 Å². The summed E-state index contributed by atoms with van der Waals surface area (Å²) in [6.45, 7) is 6.47. The van der Waals surface area contributed by atoms with Crippen molar-refractivity contribution in [1.82, 2.24) is 5.32 Å². The Kier molecular flexibility index (Phi) is 13.0. The molecule has 0 saturated heterocycles. The molecule has 0 aliphatic heterocycles. The van der Waals surface area contributed by atoms with Gasteiger partial charge in [-0.1, -0.05) is 6.07 Å². The van der Waals surface area contributed by atoms with E-state index in [1.165, 1.54) is 6.92 Å². The third kappa shape index (κ3) is 11.1. The van der Waals surface area contributed by atoms with Crippen LogP contribution in [0.1, 0.15) is 20.3 Å². The number of halogens is 1. The molecule has 4 N–H and O–H groups in total. The van der Waals surface area contributed by atoms with Gasteiger partial charge in [-0.2, -0.15) is 0 Å². The molecular formula is C16H27IN4O3. The number of amides is 1. The van der Waals surface area contributed by atoms with E-state index in [2.05, 4.69) is 15.6 Å². The lowest BCUT2D eigenvalue weighted by molar-refractivity contribution is -0.114. The van der Waals surface area contributed by atoms with Crippen molar-refractivity contribution in [3.8, 4) is 5.75 Å². The maximum absolute atomic E-state index is 11.0. The second-order valence-corrected chi connectivity index (χ2v) is 4.80. The smallest absolute Gasteiger partial charge is 0.221 e. The topological polar surface area (TPSA) is 98.0 Å². The molecule has 0 saturated carbocycles. The molecule has 0 atom stereocenters. The molecule has 0 aliphatic carbocycles. The van der Waals surface area contributed by atoms with E-state index in [0.717, 1.165) is 13.0 Å². The first kappa shape index (κ1) is 22.4. The van der Waals surface area contributed by atoms with Crippen molar-refractivity contribution in [1.29, 1.82) is 0 Å². The van der Waals surface area contributed by atoms with Crippen molar-refractivity contribution in [2.45, 2.75) is 20.3 Å². The van der Waals surface area contributed by atoms with Crippen LogP contribution in [-0.2, 0) is 9.53 Å². The Hall–Kier alpha value is -1.55. The van der Waals surface area contributed by atoms with Gasteiger partial charge in [0.05, 0.1) is 6.54 Å². The van der Waals surface area contributed by atoms with Gasteiger partial charge in [0.1, 0.15) is 12.4 Å². The van der Waals surface area contributed by atoms with Gasteiger partial charge in [0, 0.05) is 38.4 Å². The van der Waals surface area contributed by atoms with Gasteiger partial charge in [0.25, 0.3) is 0 Å². The fraction of sp³-hybridized carbons (Fsp3) is 0.500. The van der Waals surface area contributed by atoms with Crippen LogP contribution in [0.5, 0.6) is 5.75 Å². The molecule has 24 heavy (non-hydrogen) atoms. The van der Waals surface area contributed by atoms with Gasteiger partial charge in [0.2, 0.25) is 5.91 Å². The number of carbonyl (C=O) groups is 1. The van der Waals surface area contributed by atoms with Crippen molar-refractivity contribution >= 4 is 41.5 Å². The third-order valence-electron chi connectivity index (χ3n) is 2.76.